The number of hydrogen-bond donors (Lipinski definition) is 1. The van der Waals surface area contributed by atoms with Crippen LogP contribution in [0, 0.1) is 11.3 Å². The first-order chi connectivity index (χ1) is 7.20. The van der Waals surface area contributed by atoms with Crippen LogP contribution in [0.3, 0.4) is 0 Å². The van der Waals surface area contributed by atoms with E-state index in [4.69, 9.17) is 10.00 Å². The monoisotopic (exact) mass is 208 g/mol. The molecule has 0 radical (unpaired) electrons. The fourth-order valence-corrected chi connectivity index (χ4v) is 1.72. The minimum absolute atomic E-state index is 0.293. The average Bonchev–Trinajstić information content (AvgIpc) is 2.76. The molecule has 0 aromatic rings. The predicted octanol–water partition coefficient (Wildman–Crippen LogP) is 2.00. The SMILES string of the molecule is C=CCCC(C)(C#N)NCC1CCCO1. The normalized spacial score (nSPS) is 24.4. The van der Waals surface area contributed by atoms with E-state index in [0.29, 0.717) is 6.10 Å². The van der Waals surface area contributed by atoms with Gasteiger partial charge in [0, 0.05) is 13.2 Å². The molecule has 1 aliphatic heterocycles. The van der Waals surface area contributed by atoms with Crippen LogP contribution < -0.4 is 5.32 Å². The van der Waals surface area contributed by atoms with Gasteiger partial charge in [-0.2, -0.15) is 5.26 Å². The maximum atomic E-state index is 9.10. The molecule has 2 unspecified atom stereocenters. The van der Waals surface area contributed by atoms with Gasteiger partial charge < -0.3 is 4.74 Å². The standard InChI is InChI=1S/C12H20N2O/c1-3-4-7-12(2,10-13)14-9-11-6-5-8-15-11/h3,11,14H,1,4-9H2,2H3. The van der Waals surface area contributed by atoms with Gasteiger partial charge in [-0.1, -0.05) is 6.08 Å². The highest BCUT2D eigenvalue weighted by molar-refractivity contribution is 5.04. The van der Waals surface area contributed by atoms with Gasteiger partial charge in [0.1, 0.15) is 5.54 Å². The molecule has 0 saturated carbocycles. The summed E-state index contributed by atoms with van der Waals surface area (Å²) in [6, 6.07) is 2.32. The van der Waals surface area contributed by atoms with Crippen molar-refractivity contribution in [3.8, 4) is 6.07 Å². The lowest BCUT2D eigenvalue weighted by Crippen LogP contribution is -2.44. The van der Waals surface area contributed by atoms with E-state index in [9.17, 15) is 0 Å². The van der Waals surface area contributed by atoms with Crippen molar-refractivity contribution in [2.75, 3.05) is 13.2 Å². The highest BCUT2D eigenvalue weighted by atomic mass is 16.5. The molecule has 3 nitrogen and oxygen atoms in total. The van der Waals surface area contributed by atoms with Crippen LogP contribution in [0.15, 0.2) is 12.7 Å². The molecule has 1 aliphatic rings. The number of nitrogens with one attached hydrogen (secondary N) is 1. The Labute approximate surface area is 92.1 Å². The van der Waals surface area contributed by atoms with Gasteiger partial charge in [-0.05, 0) is 32.6 Å². The Kier molecular flexibility index (Phi) is 4.80. The number of rotatable bonds is 6. The fourth-order valence-electron chi connectivity index (χ4n) is 1.72. The van der Waals surface area contributed by atoms with Crippen molar-refractivity contribution in [1.82, 2.24) is 5.32 Å². The molecule has 0 aromatic carbocycles. The molecule has 1 saturated heterocycles. The van der Waals surface area contributed by atoms with Crippen LogP contribution in [-0.2, 0) is 4.74 Å². The van der Waals surface area contributed by atoms with Gasteiger partial charge >= 0.3 is 0 Å². The Hall–Kier alpha value is -0.850. The Balaban J connectivity index is 2.31. The highest BCUT2D eigenvalue weighted by Crippen LogP contribution is 2.15. The highest BCUT2D eigenvalue weighted by Gasteiger charge is 2.24. The van der Waals surface area contributed by atoms with E-state index in [1.807, 2.05) is 13.0 Å². The molecule has 1 heterocycles. The van der Waals surface area contributed by atoms with Gasteiger partial charge in [-0.25, -0.2) is 0 Å². The van der Waals surface area contributed by atoms with E-state index in [-0.39, 0.29) is 0 Å². The number of nitriles is 1. The summed E-state index contributed by atoms with van der Waals surface area (Å²) < 4.78 is 5.51. The van der Waals surface area contributed by atoms with Crippen molar-refractivity contribution in [3.63, 3.8) is 0 Å². The van der Waals surface area contributed by atoms with Crippen molar-refractivity contribution in [2.45, 2.75) is 44.2 Å². The van der Waals surface area contributed by atoms with Gasteiger partial charge in [0.2, 0.25) is 0 Å². The van der Waals surface area contributed by atoms with E-state index < -0.39 is 5.54 Å². The van der Waals surface area contributed by atoms with E-state index in [1.165, 1.54) is 0 Å². The minimum Gasteiger partial charge on any atom is -0.377 e. The van der Waals surface area contributed by atoms with E-state index in [2.05, 4.69) is 18.0 Å². The third-order valence-electron chi connectivity index (χ3n) is 2.84. The summed E-state index contributed by atoms with van der Waals surface area (Å²) in [7, 11) is 0. The van der Waals surface area contributed by atoms with Gasteiger partial charge in [0.15, 0.2) is 0 Å². The molecule has 0 aliphatic carbocycles. The van der Waals surface area contributed by atoms with Crippen LogP contribution in [-0.4, -0.2) is 24.8 Å². The van der Waals surface area contributed by atoms with Crippen molar-refractivity contribution in [3.05, 3.63) is 12.7 Å². The topological polar surface area (TPSA) is 45.0 Å². The van der Waals surface area contributed by atoms with Crippen LogP contribution in [0.25, 0.3) is 0 Å². The molecule has 0 bridgehead atoms. The van der Waals surface area contributed by atoms with Crippen molar-refractivity contribution in [2.24, 2.45) is 0 Å². The van der Waals surface area contributed by atoms with Crippen molar-refractivity contribution >= 4 is 0 Å². The molecule has 0 aromatic heterocycles. The van der Waals surface area contributed by atoms with Gasteiger partial charge in [-0.15, -0.1) is 6.58 Å². The zero-order chi connectivity index (χ0) is 11.1. The third-order valence-corrected chi connectivity index (χ3v) is 2.84. The largest absolute Gasteiger partial charge is 0.377 e. The molecule has 0 spiro atoms. The lowest BCUT2D eigenvalue weighted by atomic mass is 9.97. The molecule has 3 heteroatoms. The molecule has 1 fully saturated rings. The summed E-state index contributed by atoms with van der Waals surface area (Å²) in [6.45, 7) is 7.25. The number of allylic oxidation sites excluding steroid dienone is 1. The molecular formula is C12H20N2O. The van der Waals surface area contributed by atoms with Crippen molar-refractivity contribution in [1.29, 1.82) is 5.26 Å². The summed E-state index contributed by atoms with van der Waals surface area (Å²) >= 11 is 0. The quantitative estimate of drug-likeness (QED) is 0.679. The van der Waals surface area contributed by atoms with Crippen LogP contribution in [0.5, 0.6) is 0 Å². The van der Waals surface area contributed by atoms with Gasteiger partial charge in [0.25, 0.3) is 0 Å². The van der Waals surface area contributed by atoms with Crippen LogP contribution in [0.1, 0.15) is 32.6 Å². The summed E-state index contributed by atoms with van der Waals surface area (Å²) in [6.07, 6.45) is 6.06. The Bertz CT molecular complexity index is 240. The maximum Gasteiger partial charge on any atom is 0.104 e. The van der Waals surface area contributed by atoms with E-state index in [1.54, 1.807) is 0 Å². The van der Waals surface area contributed by atoms with Crippen LogP contribution in [0.2, 0.25) is 0 Å². The predicted molar refractivity (Wildman–Crippen MR) is 60.4 cm³/mol. The summed E-state index contributed by atoms with van der Waals surface area (Å²) in [5.41, 5.74) is -0.444. The Morgan fingerprint density at radius 3 is 3.07 bits per heavy atom. The summed E-state index contributed by atoms with van der Waals surface area (Å²) in [4.78, 5) is 0. The minimum atomic E-state index is -0.444. The number of nitrogens with zero attached hydrogens (tertiary/aromatic N) is 1. The molecule has 15 heavy (non-hydrogen) atoms. The van der Waals surface area contributed by atoms with Crippen LogP contribution in [0.4, 0.5) is 0 Å². The van der Waals surface area contributed by atoms with Gasteiger partial charge in [-0.3, -0.25) is 5.32 Å². The first kappa shape index (κ1) is 12.2. The van der Waals surface area contributed by atoms with E-state index >= 15 is 0 Å². The van der Waals surface area contributed by atoms with Crippen LogP contribution >= 0.6 is 0 Å². The second-order valence-electron chi connectivity index (χ2n) is 4.29. The van der Waals surface area contributed by atoms with E-state index in [0.717, 1.165) is 38.8 Å². The molecule has 0 amide bonds. The molecule has 2 atom stereocenters. The molecule has 84 valence electrons. The Morgan fingerprint density at radius 2 is 2.53 bits per heavy atom. The number of ether oxygens (including phenoxy) is 1. The lowest BCUT2D eigenvalue weighted by molar-refractivity contribution is 0.105. The Morgan fingerprint density at radius 1 is 1.73 bits per heavy atom. The second-order valence-corrected chi connectivity index (χ2v) is 4.29. The molecule has 1 N–H and O–H groups in total. The lowest BCUT2D eigenvalue weighted by Gasteiger charge is -2.24. The summed E-state index contributed by atoms with van der Waals surface area (Å²) in [5.74, 6) is 0. The smallest absolute Gasteiger partial charge is 0.104 e. The van der Waals surface area contributed by atoms with Gasteiger partial charge in [0.05, 0.1) is 12.2 Å². The first-order valence-corrected chi connectivity index (χ1v) is 5.59. The number of hydrogen-bond acceptors (Lipinski definition) is 3. The maximum absolute atomic E-state index is 9.10. The fraction of sp³-hybridized carbons (Fsp3) is 0.750. The average molecular weight is 208 g/mol. The second kappa shape index (κ2) is 5.89. The first-order valence-electron chi connectivity index (χ1n) is 5.59. The zero-order valence-corrected chi connectivity index (χ0v) is 9.46. The zero-order valence-electron chi connectivity index (χ0n) is 9.46. The van der Waals surface area contributed by atoms with Crippen molar-refractivity contribution < 1.29 is 4.74 Å². The molecule has 1 rings (SSSR count). The summed E-state index contributed by atoms with van der Waals surface area (Å²) in [5, 5.41) is 12.4. The third kappa shape index (κ3) is 4.03. The molecular weight excluding hydrogens is 188 g/mol.